The fourth-order valence-electron chi connectivity index (χ4n) is 1.77. The van der Waals surface area contributed by atoms with Gasteiger partial charge in [-0.3, -0.25) is 9.59 Å². The summed E-state index contributed by atoms with van der Waals surface area (Å²) < 4.78 is 10.9. The van der Waals surface area contributed by atoms with Crippen LogP contribution in [0.15, 0.2) is 18.2 Å². The molecule has 6 heteroatoms. The monoisotopic (exact) mass is 308 g/mol. The molecule has 0 aliphatic heterocycles. The van der Waals surface area contributed by atoms with E-state index in [1.165, 1.54) is 6.92 Å². The lowest BCUT2D eigenvalue weighted by molar-refractivity contribution is -0.118. The van der Waals surface area contributed by atoms with Crippen LogP contribution in [0.4, 0.5) is 0 Å². The molecule has 0 atom stereocenters. The highest BCUT2D eigenvalue weighted by Gasteiger charge is 2.10. The Morgan fingerprint density at radius 2 is 1.86 bits per heavy atom. The van der Waals surface area contributed by atoms with Crippen LogP contribution in [-0.4, -0.2) is 38.6 Å². The third kappa shape index (κ3) is 6.03. The predicted octanol–water partition coefficient (Wildman–Crippen LogP) is 1.74. The molecule has 122 valence electrons. The zero-order valence-electron chi connectivity index (χ0n) is 13.4. The highest BCUT2D eigenvalue weighted by atomic mass is 16.5. The zero-order chi connectivity index (χ0) is 16.4. The Bertz CT molecular complexity index is 503. The molecule has 0 aromatic heterocycles. The molecule has 0 saturated heterocycles. The van der Waals surface area contributed by atoms with Crippen LogP contribution in [0.1, 0.15) is 37.0 Å². The van der Waals surface area contributed by atoms with Gasteiger partial charge in [0.25, 0.3) is 5.91 Å². The van der Waals surface area contributed by atoms with E-state index in [1.807, 2.05) is 0 Å². The van der Waals surface area contributed by atoms with Gasteiger partial charge in [0, 0.05) is 25.6 Å². The van der Waals surface area contributed by atoms with Crippen molar-refractivity contribution in [2.75, 3.05) is 26.8 Å². The van der Waals surface area contributed by atoms with Gasteiger partial charge in [0.05, 0.1) is 13.7 Å². The molecular formula is C16H24N2O4. The molecule has 6 nitrogen and oxygen atoms in total. The molecule has 0 aliphatic rings. The zero-order valence-corrected chi connectivity index (χ0v) is 13.4. The van der Waals surface area contributed by atoms with Crippen molar-refractivity contribution in [3.05, 3.63) is 23.8 Å². The van der Waals surface area contributed by atoms with Crippen molar-refractivity contribution < 1.29 is 19.1 Å². The van der Waals surface area contributed by atoms with Gasteiger partial charge in [-0.1, -0.05) is 13.3 Å². The third-order valence-electron chi connectivity index (χ3n) is 2.97. The number of ether oxygens (including phenoxy) is 2. The van der Waals surface area contributed by atoms with Crippen molar-refractivity contribution in [2.24, 2.45) is 0 Å². The molecule has 1 aromatic carbocycles. The summed E-state index contributed by atoms with van der Waals surface area (Å²) >= 11 is 0. The number of carbonyl (C=O) groups excluding carboxylic acids is 2. The normalized spacial score (nSPS) is 9.95. The molecule has 0 unspecified atom stereocenters. The lowest BCUT2D eigenvalue weighted by atomic mass is 10.2. The average Bonchev–Trinajstić information content (AvgIpc) is 2.51. The molecular weight excluding hydrogens is 284 g/mol. The van der Waals surface area contributed by atoms with Crippen molar-refractivity contribution in [3.63, 3.8) is 0 Å². The average molecular weight is 308 g/mol. The summed E-state index contributed by atoms with van der Waals surface area (Å²) in [6.07, 6.45) is 2.02. The lowest BCUT2D eigenvalue weighted by Crippen LogP contribution is -2.33. The fourth-order valence-corrected chi connectivity index (χ4v) is 1.77. The summed E-state index contributed by atoms with van der Waals surface area (Å²) in [5.74, 6) is 0.824. The van der Waals surface area contributed by atoms with Gasteiger partial charge in [-0.15, -0.1) is 0 Å². The summed E-state index contributed by atoms with van der Waals surface area (Å²) in [6, 6.07) is 5.07. The number of nitrogens with one attached hydrogen (secondary N) is 2. The molecule has 0 saturated carbocycles. The Morgan fingerprint density at radius 3 is 2.50 bits per heavy atom. The maximum atomic E-state index is 12.0. The van der Waals surface area contributed by atoms with Crippen molar-refractivity contribution in [3.8, 4) is 11.5 Å². The van der Waals surface area contributed by atoms with Gasteiger partial charge in [0.15, 0.2) is 11.5 Å². The van der Waals surface area contributed by atoms with E-state index in [4.69, 9.17) is 9.47 Å². The molecule has 0 aliphatic carbocycles. The maximum absolute atomic E-state index is 12.0. The van der Waals surface area contributed by atoms with E-state index >= 15 is 0 Å². The quantitative estimate of drug-likeness (QED) is 0.681. The van der Waals surface area contributed by atoms with Gasteiger partial charge < -0.3 is 20.1 Å². The van der Waals surface area contributed by atoms with Crippen molar-refractivity contribution in [1.29, 1.82) is 0 Å². The van der Waals surface area contributed by atoms with Crippen LogP contribution in [0.3, 0.4) is 0 Å². The van der Waals surface area contributed by atoms with E-state index in [-0.39, 0.29) is 11.8 Å². The minimum atomic E-state index is -0.219. The van der Waals surface area contributed by atoms with Gasteiger partial charge >= 0.3 is 0 Å². The molecule has 1 aromatic rings. The van der Waals surface area contributed by atoms with Crippen LogP contribution in [0.5, 0.6) is 11.5 Å². The van der Waals surface area contributed by atoms with E-state index in [2.05, 4.69) is 17.6 Å². The Balaban J connectivity index is 2.59. The number of benzene rings is 1. The SMILES string of the molecule is CCCCOc1ccc(C(=O)NCCNC(C)=O)cc1OC. The number of hydrogen-bond acceptors (Lipinski definition) is 4. The Kier molecular flexibility index (Phi) is 7.81. The van der Waals surface area contributed by atoms with Crippen LogP contribution in [0.2, 0.25) is 0 Å². The molecule has 0 radical (unpaired) electrons. The summed E-state index contributed by atoms with van der Waals surface area (Å²) in [6.45, 7) is 4.92. The minimum Gasteiger partial charge on any atom is -0.493 e. The second kappa shape index (κ2) is 9.65. The molecule has 2 N–H and O–H groups in total. The first kappa shape index (κ1) is 17.8. The second-order valence-corrected chi connectivity index (χ2v) is 4.81. The Labute approximate surface area is 131 Å². The number of carbonyl (C=O) groups is 2. The first-order valence-electron chi connectivity index (χ1n) is 7.42. The topological polar surface area (TPSA) is 76.7 Å². The number of unbranched alkanes of at least 4 members (excludes halogenated alkanes) is 1. The molecule has 1 rings (SSSR count). The van der Waals surface area contributed by atoms with Gasteiger partial charge in [-0.25, -0.2) is 0 Å². The van der Waals surface area contributed by atoms with Gasteiger partial charge in [-0.2, -0.15) is 0 Å². The van der Waals surface area contributed by atoms with Crippen molar-refractivity contribution in [2.45, 2.75) is 26.7 Å². The van der Waals surface area contributed by atoms with Gasteiger partial charge in [0.2, 0.25) is 5.91 Å². The highest BCUT2D eigenvalue weighted by molar-refractivity contribution is 5.94. The van der Waals surface area contributed by atoms with Crippen molar-refractivity contribution >= 4 is 11.8 Å². The smallest absolute Gasteiger partial charge is 0.251 e. The Morgan fingerprint density at radius 1 is 1.14 bits per heavy atom. The van der Waals surface area contributed by atoms with E-state index in [9.17, 15) is 9.59 Å². The maximum Gasteiger partial charge on any atom is 0.251 e. The number of hydrogen-bond donors (Lipinski definition) is 2. The standard InChI is InChI=1S/C16H24N2O4/c1-4-5-10-22-14-7-6-13(11-15(14)21-3)16(20)18-9-8-17-12(2)19/h6-7,11H,4-5,8-10H2,1-3H3,(H,17,19)(H,18,20). The van der Waals surface area contributed by atoms with Crippen LogP contribution in [0.25, 0.3) is 0 Å². The van der Waals surface area contributed by atoms with Gasteiger partial charge in [0.1, 0.15) is 0 Å². The predicted molar refractivity (Wildman–Crippen MR) is 84.4 cm³/mol. The molecule has 2 amide bonds. The fraction of sp³-hybridized carbons (Fsp3) is 0.500. The van der Waals surface area contributed by atoms with Gasteiger partial charge in [-0.05, 0) is 24.6 Å². The molecule has 22 heavy (non-hydrogen) atoms. The summed E-state index contributed by atoms with van der Waals surface area (Å²) in [7, 11) is 1.54. The first-order chi connectivity index (χ1) is 10.6. The molecule has 0 bridgehead atoms. The summed E-state index contributed by atoms with van der Waals surface area (Å²) in [5.41, 5.74) is 0.488. The summed E-state index contributed by atoms with van der Waals surface area (Å²) in [5, 5.41) is 5.34. The number of methoxy groups -OCH3 is 1. The summed E-state index contributed by atoms with van der Waals surface area (Å²) in [4.78, 5) is 22.7. The van der Waals surface area contributed by atoms with Crippen LogP contribution in [-0.2, 0) is 4.79 Å². The van der Waals surface area contributed by atoms with Crippen LogP contribution in [0, 0.1) is 0 Å². The van der Waals surface area contributed by atoms with Crippen LogP contribution < -0.4 is 20.1 Å². The van der Waals surface area contributed by atoms with E-state index in [1.54, 1.807) is 25.3 Å². The first-order valence-corrected chi connectivity index (χ1v) is 7.42. The number of rotatable bonds is 9. The minimum absolute atomic E-state index is 0.121. The van der Waals surface area contributed by atoms with Crippen LogP contribution >= 0.6 is 0 Å². The molecule has 0 spiro atoms. The number of amides is 2. The largest absolute Gasteiger partial charge is 0.493 e. The van der Waals surface area contributed by atoms with E-state index < -0.39 is 0 Å². The highest BCUT2D eigenvalue weighted by Crippen LogP contribution is 2.28. The van der Waals surface area contributed by atoms with E-state index in [0.717, 1.165) is 12.8 Å². The Hall–Kier alpha value is -2.24. The van der Waals surface area contributed by atoms with E-state index in [0.29, 0.717) is 36.8 Å². The lowest BCUT2D eigenvalue weighted by Gasteiger charge is -2.12. The van der Waals surface area contributed by atoms with Crippen molar-refractivity contribution in [1.82, 2.24) is 10.6 Å². The second-order valence-electron chi connectivity index (χ2n) is 4.81. The third-order valence-corrected chi connectivity index (χ3v) is 2.97. The molecule has 0 heterocycles. The molecule has 0 fully saturated rings.